The average Bonchev–Trinajstić information content (AvgIpc) is 2.51. The zero-order valence-electron chi connectivity index (χ0n) is 14.3. The highest BCUT2D eigenvalue weighted by atomic mass is 16.5. The van der Waals surface area contributed by atoms with Crippen molar-refractivity contribution in [1.29, 1.82) is 0 Å². The van der Waals surface area contributed by atoms with Crippen LogP contribution >= 0.6 is 0 Å². The van der Waals surface area contributed by atoms with Gasteiger partial charge in [-0.3, -0.25) is 4.79 Å². The van der Waals surface area contributed by atoms with Crippen LogP contribution < -0.4 is 10.1 Å². The van der Waals surface area contributed by atoms with Gasteiger partial charge < -0.3 is 10.1 Å². The molecular formula is C20H25NO2. The molecule has 0 fully saturated rings. The van der Waals surface area contributed by atoms with Crippen molar-refractivity contribution in [2.24, 2.45) is 0 Å². The van der Waals surface area contributed by atoms with Crippen LogP contribution in [0.15, 0.2) is 42.5 Å². The number of nitrogens with one attached hydrogen (secondary N) is 1. The van der Waals surface area contributed by atoms with E-state index < -0.39 is 0 Å². The Hall–Kier alpha value is -2.29. The Kier molecular flexibility index (Phi) is 5.80. The van der Waals surface area contributed by atoms with E-state index in [0.717, 1.165) is 17.7 Å². The summed E-state index contributed by atoms with van der Waals surface area (Å²) in [5, 5.41) is 3.06. The Labute approximate surface area is 138 Å². The molecule has 3 nitrogen and oxygen atoms in total. The van der Waals surface area contributed by atoms with Crippen molar-refractivity contribution in [1.82, 2.24) is 5.32 Å². The Bertz CT molecular complexity index is 679. The molecule has 1 atom stereocenters. The highest BCUT2D eigenvalue weighted by Gasteiger charge is 2.15. The molecule has 0 aliphatic heterocycles. The summed E-state index contributed by atoms with van der Waals surface area (Å²) < 4.78 is 5.57. The molecule has 0 saturated carbocycles. The van der Waals surface area contributed by atoms with Gasteiger partial charge in [0.05, 0.1) is 6.04 Å². The van der Waals surface area contributed by atoms with Crippen molar-refractivity contribution < 1.29 is 9.53 Å². The highest BCUT2D eigenvalue weighted by molar-refractivity contribution is 5.78. The smallest absolute Gasteiger partial charge is 0.258 e. The number of amides is 1. The van der Waals surface area contributed by atoms with Crippen LogP contribution in [0.1, 0.15) is 41.6 Å². The number of hydrogen-bond donors (Lipinski definition) is 1. The van der Waals surface area contributed by atoms with Crippen molar-refractivity contribution in [3.63, 3.8) is 0 Å². The topological polar surface area (TPSA) is 38.3 Å². The predicted molar refractivity (Wildman–Crippen MR) is 93.8 cm³/mol. The number of benzene rings is 2. The quantitative estimate of drug-likeness (QED) is 0.865. The number of carbonyl (C=O) groups excluding carboxylic acids is 1. The van der Waals surface area contributed by atoms with E-state index in [-0.39, 0.29) is 18.6 Å². The van der Waals surface area contributed by atoms with E-state index in [9.17, 15) is 4.79 Å². The molecule has 1 amide bonds. The van der Waals surface area contributed by atoms with Gasteiger partial charge in [0.1, 0.15) is 5.75 Å². The summed E-state index contributed by atoms with van der Waals surface area (Å²) in [6.45, 7) is 8.27. The van der Waals surface area contributed by atoms with Crippen molar-refractivity contribution >= 4 is 5.91 Å². The van der Waals surface area contributed by atoms with Crippen LogP contribution in [0.25, 0.3) is 0 Å². The molecule has 122 valence electrons. The lowest BCUT2D eigenvalue weighted by atomic mass is 9.97. The molecule has 0 saturated heterocycles. The largest absolute Gasteiger partial charge is 0.484 e. The summed E-state index contributed by atoms with van der Waals surface area (Å²) in [4.78, 5) is 12.2. The van der Waals surface area contributed by atoms with Gasteiger partial charge in [-0.25, -0.2) is 0 Å². The van der Waals surface area contributed by atoms with Crippen molar-refractivity contribution in [3.8, 4) is 5.75 Å². The second-order valence-electron chi connectivity index (χ2n) is 5.99. The molecule has 0 radical (unpaired) electrons. The Morgan fingerprint density at radius 3 is 2.48 bits per heavy atom. The van der Waals surface area contributed by atoms with E-state index in [2.05, 4.69) is 44.3 Å². The van der Waals surface area contributed by atoms with Crippen LogP contribution in [0.3, 0.4) is 0 Å². The van der Waals surface area contributed by atoms with Crippen LogP contribution in [-0.4, -0.2) is 12.5 Å². The molecule has 1 unspecified atom stereocenters. The van der Waals surface area contributed by atoms with Gasteiger partial charge in [-0.2, -0.15) is 0 Å². The van der Waals surface area contributed by atoms with Crippen LogP contribution in [-0.2, 0) is 4.79 Å². The SMILES string of the molecule is CCC(NC(=O)COc1cccc(C)c1)c1ccc(C)cc1C. The van der Waals surface area contributed by atoms with Crippen molar-refractivity contribution in [2.45, 2.75) is 40.2 Å². The molecule has 2 aromatic rings. The maximum Gasteiger partial charge on any atom is 0.258 e. The Morgan fingerprint density at radius 1 is 1.09 bits per heavy atom. The first-order valence-corrected chi connectivity index (χ1v) is 8.05. The van der Waals surface area contributed by atoms with Crippen LogP contribution in [0, 0.1) is 20.8 Å². The molecule has 0 aromatic heterocycles. The normalized spacial score (nSPS) is 11.8. The minimum absolute atomic E-state index is 0.0178. The molecule has 2 aromatic carbocycles. The third-order valence-corrected chi connectivity index (χ3v) is 3.90. The average molecular weight is 311 g/mol. The highest BCUT2D eigenvalue weighted by Crippen LogP contribution is 2.21. The number of hydrogen-bond acceptors (Lipinski definition) is 2. The molecule has 0 bridgehead atoms. The molecule has 3 heteroatoms. The number of rotatable bonds is 6. The zero-order valence-corrected chi connectivity index (χ0v) is 14.3. The predicted octanol–water partition coefficient (Wildman–Crippen LogP) is 4.26. The fourth-order valence-electron chi connectivity index (χ4n) is 2.71. The Balaban J connectivity index is 1.97. The fraction of sp³-hybridized carbons (Fsp3) is 0.350. The Morgan fingerprint density at radius 2 is 1.83 bits per heavy atom. The molecule has 0 aliphatic rings. The van der Waals surface area contributed by atoms with E-state index in [1.54, 1.807) is 0 Å². The monoisotopic (exact) mass is 311 g/mol. The minimum Gasteiger partial charge on any atom is -0.484 e. The lowest BCUT2D eigenvalue weighted by Crippen LogP contribution is -2.32. The maximum atomic E-state index is 12.2. The van der Waals surface area contributed by atoms with E-state index in [1.165, 1.54) is 16.7 Å². The molecule has 2 rings (SSSR count). The summed E-state index contributed by atoms with van der Waals surface area (Å²) in [6.07, 6.45) is 0.847. The van der Waals surface area contributed by atoms with E-state index in [4.69, 9.17) is 4.74 Å². The molecule has 0 heterocycles. The second kappa shape index (κ2) is 7.82. The molecule has 0 spiro atoms. The minimum atomic E-state index is -0.0988. The maximum absolute atomic E-state index is 12.2. The molecule has 23 heavy (non-hydrogen) atoms. The van der Waals surface area contributed by atoms with E-state index in [1.807, 2.05) is 31.2 Å². The van der Waals surface area contributed by atoms with Gasteiger partial charge in [0, 0.05) is 0 Å². The third-order valence-electron chi connectivity index (χ3n) is 3.90. The van der Waals surface area contributed by atoms with Crippen molar-refractivity contribution in [2.75, 3.05) is 6.61 Å². The van der Waals surface area contributed by atoms with Gasteiger partial charge >= 0.3 is 0 Å². The first-order chi connectivity index (χ1) is 11.0. The molecule has 0 aliphatic carbocycles. The van der Waals surface area contributed by atoms with Gasteiger partial charge in [0.25, 0.3) is 5.91 Å². The fourth-order valence-corrected chi connectivity index (χ4v) is 2.71. The van der Waals surface area contributed by atoms with Crippen molar-refractivity contribution in [3.05, 3.63) is 64.7 Å². The van der Waals surface area contributed by atoms with Gasteiger partial charge in [-0.05, 0) is 56.0 Å². The van der Waals surface area contributed by atoms with Crippen LogP contribution in [0.4, 0.5) is 0 Å². The summed E-state index contributed by atoms with van der Waals surface area (Å²) in [5.41, 5.74) is 4.72. The van der Waals surface area contributed by atoms with E-state index >= 15 is 0 Å². The second-order valence-corrected chi connectivity index (χ2v) is 5.99. The van der Waals surface area contributed by atoms with Crippen LogP contribution in [0.2, 0.25) is 0 Å². The van der Waals surface area contributed by atoms with Gasteiger partial charge in [-0.1, -0.05) is 42.8 Å². The lowest BCUT2D eigenvalue weighted by Gasteiger charge is -2.20. The standard InChI is InChI=1S/C20H25NO2/c1-5-19(18-10-9-15(3)11-16(18)4)21-20(22)13-23-17-8-6-7-14(2)12-17/h6-12,19H,5,13H2,1-4H3,(H,21,22). The molecule has 1 N–H and O–H groups in total. The summed E-state index contributed by atoms with van der Waals surface area (Å²) in [6, 6.07) is 14.1. The van der Waals surface area contributed by atoms with Crippen LogP contribution in [0.5, 0.6) is 5.75 Å². The third kappa shape index (κ3) is 4.85. The number of carbonyl (C=O) groups is 1. The summed E-state index contributed by atoms with van der Waals surface area (Å²) in [7, 11) is 0. The zero-order chi connectivity index (χ0) is 16.8. The molecular weight excluding hydrogens is 286 g/mol. The summed E-state index contributed by atoms with van der Waals surface area (Å²) >= 11 is 0. The van der Waals surface area contributed by atoms with Gasteiger partial charge in [0.15, 0.2) is 6.61 Å². The first-order valence-electron chi connectivity index (χ1n) is 8.05. The number of ether oxygens (including phenoxy) is 1. The van der Waals surface area contributed by atoms with E-state index in [0.29, 0.717) is 0 Å². The first kappa shape index (κ1) is 17.1. The van der Waals surface area contributed by atoms with Gasteiger partial charge in [0.2, 0.25) is 0 Å². The lowest BCUT2D eigenvalue weighted by molar-refractivity contribution is -0.123. The van der Waals surface area contributed by atoms with Gasteiger partial charge in [-0.15, -0.1) is 0 Å². The number of aryl methyl sites for hydroxylation is 3. The summed E-state index contributed by atoms with van der Waals surface area (Å²) in [5.74, 6) is 0.623.